The van der Waals surface area contributed by atoms with Crippen LogP contribution >= 0.6 is 0 Å². The summed E-state index contributed by atoms with van der Waals surface area (Å²) in [5, 5.41) is 13.7. The van der Waals surface area contributed by atoms with Crippen LogP contribution < -0.4 is 0 Å². The topological polar surface area (TPSA) is 79.7 Å². The lowest BCUT2D eigenvalue weighted by molar-refractivity contribution is -0.149. The molecule has 0 bridgehead atoms. The van der Waals surface area contributed by atoms with Crippen molar-refractivity contribution in [2.75, 3.05) is 13.1 Å². The molecule has 1 aliphatic carbocycles. The molecular weight excluding hydrogens is 284 g/mol. The molecule has 1 N–H and O–H groups in total. The molecule has 6 nitrogen and oxygen atoms in total. The van der Waals surface area contributed by atoms with Gasteiger partial charge in [0.2, 0.25) is 5.76 Å². The molecule has 2 atom stereocenters. The van der Waals surface area contributed by atoms with Crippen molar-refractivity contribution < 1.29 is 18.8 Å². The molecular formula is C16H18N2O4. The zero-order chi connectivity index (χ0) is 15.2. The van der Waals surface area contributed by atoms with E-state index in [1.165, 1.54) is 0 Å². The summed E-state index contributed by atoms with van der Waals surface area (Å²) in [5.74, 6) is 0.877. The first-order valence-electron chi connectivity index (χ1n) is 7.63. The van der Waals surface area contributed by atoms with Crippen LogP contribution in [-0.2, 0) is 11.3 Å². The first-order chi connectivity index (χ1) is 10.7. The number of aromatic nitrogens is 1. The van der Waals surface area contributed by atoms with E-state index in [-0.39, 0.29) is 5.92 Å². The van der Waals surface area contributed by atoms with Crippen molar-refractivity contribution in [3.8, 4) is 11.5 Å². The van der Waals surface area contributed by atoms with Crippen molar-refractivity contribution in [2.45, 2.75) is 25.8 Å². The van der Waals surface area contributed by atoms with Crippen LogP contribution in [0.2, 0.25) is 0 Å². The van der Waals surface area contributed by atoms with Crippen LogP contribution in [0.5, 0.6) is 0 Å². The third kappa shape index (κ3) is 2.06. The summed E-state index contributed by atoms with van der Waals surface area (Å²) in [4.78, 5) is 13.9. The Labute approximate surface area is 127 Å². The number of likely N-dealkylation sites (tertiary alicyclic amines) is 1. The Hall–Kier alpha value is -2.08. The molecule has 116 valence electrons. The number of rotatable bonds is 4. The lowest BCUT2D eigenvalue weighted by Gasteiger charge is -2.23. The number of carbonyl (C=O) groups is 1. The molecule has 3 heterocycles. The van der Waals surface area contributed by atoms with Gasteiger partial charge in [-0.1, -0.05) is 11.6 Å². The van der Waals surface area contributed by atoms with E-state index in [4.69, 9.17) is 8.94 Å². The van der Waals surface area contributed by atoms with E-state index >= 15 is 0 Å². The highest BCUT2D eigenvalue weighted by Gasteiger charge is 2.54. The van der Waals surface area contributed by atoms with Crippen molar-refractivity contribution in [1.82, 2.24) is 10.1 Å². The number of furan rings is 1. The minimum Gasteiger partial charge on any atom is -0.481 e. The molecule has 1 saturated heterocycles. The molecule has 2 aromatic heterocycles. The summed E-state index contributed by atoms with van der Waals surface area (Å²) in [6, 6.07) is 5.49. The van der Waals surface area contributed by atoms with Crippen LogP contribution in [0.1, 0.15) is 25.0 Å². The van der Waals surface area contributed by atoms with E-state index in [0.717, 1.165) is 31.5 Å². The summed E-state index contributed by atoms with van der Waals surface area (Å²) in [6.45, 7) is 2.06. The minimum absolute atomic E-state index is 0.265. The van der Waals surface area contributed by atoms with Gasteiger partial charge in [0.1, 0.15) is 0 Å². The summed E-state index contributed by atoms with van der Waals surface area (Å²) >= 11 is 0. The number of hydrogen-bond acceptors (Lipinski definition) is 5. The van der Waals surface area contributed by atoms with Crippen LogP contribution in [0.15, 0.2) is 33.4 Å². The Morgan fingerprint density at radius 3 is 3.14 bits per heavy atom. The molecule has 0 aromatic carbocycles. The average Bonchev–Trinajstić information content (AvgIpc) is 3.22. The van der Waals surface area contributed by atoms with Gasteiger partial charge in [0.05, 0.1) is 17.4 Å². The van der Waals surface area contributed by atoms with E-state index < -0.39 is 11.4 Å². The predicted molar refractivity (Wildman–Crippen MR) is 76.9 cm³/mol. The quantitative estimate of drug-likeness (QED) is 0.935. The van der Waals surface area contributed by atoms with Crippen LogP contribution in [-0.4, -0.2) is 34.2 Å². The van der Waals surface area contributed by atoms with Gasteiger partial charge in [-0.3, -0.25) is 9.69 Å². The Kier molecular flexibility index (Phi) is 3.07. The summed E-state index contributed by atoms with van der Waals surface area (Å²) in [6.07, 6.45) is 4.42. The fraction of sp³-hybridized carbons (Fsp3) is 0.500. The largest absolute Gasteiger partial charge is 0.481 e. The fourth-order valence-corrected chi connectivity index (χ4v) is 4.01. The highest BCUT2D eigenvalue weighted by Crippen LogP contribution is 2.49. The maximum absolute atomic E-state index is 11.7. The van der Waals surface area contributed by atoms with Gasteiger partial charge < -0.3 is 14.0 Å². The summed E-state index contributed by atoms with van der Waals surface area (Å²) < 4.78 is 10.6. The van der Waals surface area contributed by atoms with Crippen molar-refractivity contribution in [1.29, 1.82) is 0 Å². The van der Waals surface area contributed by atoms with E-state index in [9.17, 15) is 9.90 Å². The maximum Gasteiger partial charge on any atom is 0.311 e. The lowest BCUT2D eigenvalue weighted by atomic mass is 9.81. The number of carboxylic acids is 1. The molecule has 0 amide bonds. The molecule has 4 rings (SSSR count). The molecule has 0 spiro atoms. The SMILES string of the molecule is O=C(O)[C@@]12CCC[C@H]1CN(Cc1cc(-c3ccco3)on1)C2. The van der Waals surface area contributed by atoms with Gasteiger partial charge in [-0.25, -0.2) is 0 Å². The monoisotopic (exact) mass is 302 g/mol. The van der Waals surface area contributed by atoms with Gasteiger partial charge in [0.25, 0.3) is 0 Å². The van der Waals surface area contributed by atoms with Gasteiger partial charge in [-0.05, 0) is 30.9 Å². The first kappa shape index (κ1) is 13.6. The number of carboxylic acid groups (broad SMARTS) is 1. The standard InChI is InChI=1S/C16H18N2O4/c19-15(20)16-5-1-3-11(16)8-18(10-16)9-12-7-14(22-17-12)13-4-2-6-21-13/h2,4,6-7,11H,1,3,5,8-10H2,(H,19,20)/t11-,16+/m0/s1. The number of fused-ring (bicyclic) bond motifs is 1. The molecule has 0 unspecified atom stereocenters. The molecule has 0 radical (unpaired) electrons. The molecule has 2 fully saturated rings. The number of nitrogens with zero attached hydrogens (tertiary/aromatic N) is 2. The normalized spacial score (nSPS) is 28.1. The molecule has 6 heteroatoms. The molecule has 1 aliphatic heterocycles. The molecule has 22 heavy (non-hydrogen) atoms. The maximum atomic E-state index is 11.7. The number of aliphatic carboxylic acids is 1. The van der Waals surface area contributed by atoms with E-state index in [2.05, 4.69) is 10.1 Å². The molecule has 1 saturated carbocycles. The van der Waals surface area contributed by atoms with Gasteiger partial charge in [-0.2, -0.15) is 0 Å². The smallest absolute Gasteiger partial charge is 0.311 e. The third-order valence-electron chi connectivity index (χ3n) is 5.08. The minimum atomic E-state index is -0.645. The third-order valence-corrected chi connectivity index (χ3v) is 5.08. The lowest BCUT2D eigenvalue weighted by Crippen LogP contribution is -2.35. The van der Waals surface area contributed by atoms with Gasteiger partial charge in [-0.15, -0.1) is 0 Å². The Bertz CT molecular complexity index is 678. The van der Waals surface area contributed by atoms with Gasteiger partial charge >= 0.3 is 5.97 Å². The molecule has 2 aliphatic rings. The highest BCUT2D eigenvalue weighted by molar-refractivity contribution is 5.76. The zero-order valence-electron chi connectivity index (χ0n) is 12.2. The van der Waals surface area contributed by atoms with Crippen LogP contribution in [0, 0.1) is 11.3 Å². The van der Waals surface area contributed by atoms with Gasteiger partial charge in [0, 0.05) is 25.7 Å². The second-order valence-corrected chi connectivity index (χ2v) is 6.38. The summed E-state index contributed by atoms with van der Waals surface area (Å²) in [7, 11) is 0. The second-order valence-electron chi connectivity index (χ2n) is 6.38. The van der Waals surface area contributed by atoms with E-state index in [1.54, 1.807) is 12.3 Å². The highest BCUT2D eigenvalue weighted by atomic mass is 16.5. The second kappa shape index (κ2) is 4.98. The first-order valence-corrected chi connectivity index (χ1v) is 7.63. The van der Waals surface area contributed by atoms with Crippen molar-refractivity contribution in [2.24, 2.45) is 11.3 Å². The van der Waals surface area contributed by atoms with Crippen LogP contribution in [0.4, 0.5) is 0 Å². The zero-order valence-corrected chi connectivity index (χ0v) is 12.2. The number of hydrogen-bond donors (Lipinski definition) is 1. The molecule has 2 aromatic rings. The Morgan fingerprint density at radius 1 is 1.50 bits per heavy atom. The predicted octanol–water partition coefficient (Wildman–Crippen LogP) is 2.62. The van der Waals surface area contributed by atoms with Crippen molar-refractivity contribution >= 4 is 5.97 Å². The van der Waals surface area contributed by atoms with Crippen molar-refractivity contribution in [3.05, 3.63) is 30.2 Å². The van der Waals surface area contributed by atoms with Gasteiger partial charge in [0.15, 0.2) is 5.76 Å². The Morgan fingerprint density at radius 2 is 2.41 bits per heavy atom. The van der Waals surface area contributed by atoms with Crippen molar-refractivity contribution in [3.63, 3.8) is 0 Å². The van der Waals surface area contributed by atoms with Crippen LogP contribution in [0.3, 0.4) is 0 Å². The van der Waals surface area contributed by atoms with E-state index in [0.29, 0.717) is 24.6 Å². The van der Waals surface area contributed by atoms with Crippen LogP contribution in [0.25, 0.3) is 11.5 Å². The summed E-state index contributed by atoms with van der Waals surface area (Å²) in [5.41, 5.74) is 0.264. The average molecular weight is 302 g/mol. The fourth-order valence-electron chi connectivity index (χ4n) is 4.01. The Balaban J connectivity index is 1.48. The van der Waals surface area contributed by atoms with E-state index in [1.807, 2.05) is 12.1 Å².